The maximum atomic E-state index is 11.9. The van der Waals surface area contributed by atoms with Gasteiger partial charge in [0.1, 0.15) is 0 Å². The van der Waals surface area contributed by atoms with Crippen LogP contribution >= 0.6 is 31.1 Å². The zero-order valence-electron chi connectivity index (χ0n) is 8.04. The van der Waals surface area contributed by atoms with Gasteiger partial charge in [0.2, 0.25) is 0 Å². The van der Waals surface area contributed by atoms with E-state index in [2.05, 4.69) is 0 Å². The zero-order chi connectivity index (χ0) is 11.5. The van der Waals surface area contributed by atoms with Gasteiger partial charge in [-0.05, 0) is 0 Å². The van der Waals surface area contributed by atoms with Crippen molar-refractivity contribution in [3.8, 4) is 0 Å². The van der Waals surface area contributed by atoms with Crippen LogP contribution in [0.25, 0.3) is 0 Å². The molecule has 0 atom stereocenters. The zero-order valence-corrected chi connectivity index (χ0v) is 10.6. The summed E-state index contributed by atoms with van der Waals surface area (Å²) in [6.07, 6.45) is 1.13. The third-order valence-electron chi connectivity index (χ3n) is 1.68. The average molecular weight is 268 g/mol. The van der Waals surface area contributed by atoms with E-state index in [1.807, 2.05) is 0 Å². The van der Waals surface area contributed by atoms with Gasteiger partial charge in [0.05, 0.1) is 9.81 Å². The fourth-order valence-electron chi connectivity index (χ4n) is 0.905. The molecule has 0 aromatic carbocycles. The van der Waals surface area contributed by atoms with E-state index in [0.29, 0.717) is 12.6 Å². The quantitative estimate of drug-likeness (QED) is 0.556. The van der Waals surface area contributed by atoms with Gasteiger partial charge in [-0.25, -0.2) is 0 Å². The van der Waals surface area contributed by atoms with Crippen molar-refractivity contribution < 1.29 is 23.2 Å². The second-order valence-electron chi connectivity index (χ2n) is 2.41. The molecule has 0 aromatic rings. The maximum Gasteiger partial charge on any atom is 0.353 e. The van der Waals surface area contributed by atoms with Gasteiger partial charge in [0.15, 0.2) is 16.9 Å². The molecule has 0 unspecified atom stereocenters. The number of thioether (sulfide) groups is 2. The topological polar surface area (TPSA) is 69.7 Å². The fraction of sp³-hybridized carbons (Fsp3) is 0.429. The summed E-state index contributed by atoms with van der Waals surface area (Å²) < 4.78 is 20.9. The summed E-state index contributed by atoms with van der Waals surface area (Å²) in [4.78, 5) is 21.8. The smallest absolute Gasteiger partial charge is 0.311 e. The molecule has 0 saturated carbocycles. The number of hydrogen-bond acceptors (Lipinski definition) is 7. The second-order valence-corrected chi connectivity index (χ2v) is 8.03. The molecule has 15 heavy (non-hydrogen) atoms. The summed E-state index contributed by atoms with van der Waals surface area (Å²) in [5.74, 6) is 0. The Morgan fingerprint density at radius 2 is 1.53 bits per heavy atom. The average Bonchev–Trinajstić information content (AvgIpc) is 2.71. The van der Waals surface area contributed by atoms with E-state index < -0.39 is 11.9 Å². The minimum Gasteiger partial charge on any atom is -0.311 e. The van der Waals surface area contributed by atoms with Crippen LogP contribution < -0.4 is 0 Å². The minimum atomic E-state index is -3.26. The summed E-state index contributed by atoms with van der Waals surface area (Å²) >= 11 is 2.06. The Labute approximate surface area is 95.5 Å². The van der Waals surface area contributed by atoms with Gasteiger partial charge in [-0.2, -0.15) is 0 Å². The molecule has 0 aliphatic carbocycles. The highest BCUT2D eigenvalue weighted by Crippen LogP contribution is 2.66. The summed E-state index contributed by atoms with van der Waals surface area (Å²) in [5.41, 5.74) is 0. The number of carbonyl (C=O) groups excluding carboxylic acids is 2. The van der Waals surface area contributed by atoms with E-state index in [9.17, 15) is 14.2 Å². The molecule has 5 nitrogen and oxygen atoms in total. The van der Waals surface area contributed by atoms with Crippen LogP contribution in [0.3, 0.4) is 0 Å². The van der Waals surface area contributed by atoms with E-state index in [-0.39, 0.29) is 9.81 Å². The number of carbonyl (C=O) groups is 2. The molecule has 0 radical (unpaired) electrons. The molecule has 0 saturated heterocycles. The predicted octanol–water partition coefficient (Wildman–Crippen LogP) is 1.85. The molecule has 0 N–H and O–H groups in total. The molecule has 1 heterocycles. The van der Waals surface area contributed by atoms with E-state index in [1.165, 1.54) is 14.2 Å². The van der Waals surface area contributed by atoms with Crippen LogP contribution in [-0.2, 0) is 23.2 Å². The number of allylic oxidation sites excluding steroid dienone is 2. The summed E-state index contributed by atoms with van der Waals surface area (Å²) in [6.45, 7) is 0. The van der Waals surface area contributed by atoms with Gasteiger partial charge >= 0.3 is 7.60 Å². The van der Waals surface area contributed by atoms with Crippen LogP contribution in [0, 0.1) is 0 Å². The molecule has 0 fully saturated rings. The van der Waals surface area contributed by atoms with Gasteiger partial charge in [-0.15, -0.1) is 0 Å². The lowest BCUT2D eigenvalue weighted by atomic mass is 10.5. The van der Waals surface area contributed by atoms with Gasteiger partial charge < -0.3 is 9.05 Å². The summed E-state index contributed by atoms with van der Waals surface area (Å²) in [5, 5.41) is 0. The number of hydrogen-bond donors (Lipinski definition) is 0. The molecule has 1 rings (SSSR count). The molecule has 0 bridgehead atoms. The third-order valence-corrected chi connectivity index (χ3v) is 7.65. The van der Waals surface area contributed by atoms with Crippen LogP contribution in [0.15, 0.2) is 9.81 Å². The van der Waals surface area contributed by atoms with Crippen LogP contribution in [-0.4, -0.2) is 31.1 Å². The molecule has 0 spiro atoms. The maximum absolute atomic E-state index is 11.9. The monoisotopic (exact) mass is 268 g/mol. The van der Waals surface area contributed by atoms with Crippen LogP contribution in [0.2, 0.25) is 0 Å². The van der Waals surface area contributed by atoms with E-state index in [4.69, 9.17) is 9.05 Å². The van der Waals surface area contributed by atoms with Crippen molar-refractivity contribution in [3.05, 3.63) is 9.81 Å². The molecular weight excluding hydrogens is 259 g/mol. The molecule has 1 aliphatic heterocycles. The van der Waals surface area contributed by atoms with Crippen molar-refractivity contribution >= 4 is 43.7 Å². The van der Waals surface area contributed by atoms with Gasteiger partial charge in [0, 0.05) is 14.2 Å². The van der Waals surface area contributed by atoms with Gasteiger partial charge in [-0.1, -0.05) is 23.5 Å². The Balaban J connectivity index is 2.87. The van der Waals surface area contributed by atoms with Crippen molar-refractivity contribution in [3.63, 3.8) is 0 Å². The van der Waals surface area contributed by atoms with E-state index in [1.54, 1.807) is 0 Å². The second kappa shape index (κ2) is 5.32. The van der Waals surface area contributed by atoms with Crippen molar-refractivity contribution in [1.82, 2.24) is 0 Å². The first-order valence-electron chi connectivity index (χ1n) is 3.80. The molecule has 8 heteroatoms. The Morgan fingerprint density at radius 3 is 1.80 bits per heavy atom. The Bertz CT molecular complexity index is 325. The van der Waals surface area contributed by atoms with Gasteiger partial charge in [0.25, 0.3) is 0 Å². The van der Waals surface area contributed by atoms with E-state index in [0.717, 1.165) is 23.5 Å². The summed E-state index contributed by atoms with van der Waals surface area (Å²) in [6, 6.07) is 0. The first-order valence-corrected chi connectivity index (χ1v) is 7.17. The lowest BCUT2D eigenvalue weighted by molar-refractivity contribution is -0.106. The van der Waals surface area contributed by atoms with Crippen molar-refractivity contribution in [2.24, 2.45) is 0 Å². The molecule has 0 aromatic heterocycles. The first kappa shape index (κ1) is 13.0. The molecule has 0 amide bonds. The third kappa shape index (κ3) is 2.54. The summed E-state index contributed by atoms with van der Waals surface area (Å²) in [7, 11) is -0.726. The van der Waals surface area contributed by atoms with Crippen molar-refractivity contribution in [1.29, 1.82) is 0 Å². The standard InChI is InChI=1S/C7H9O5PS2/c1-11-13(10,12-2)7-14-5(3-8)6(4-9)15-7/h3-4,7H,1-2H3. The molecule has 1 aliphatic rings. The highest BCUT2D eigenvalue weighted by molar-refractivity contribution is 8.30. The van der Waals surface area contributed by atoms with Crippen molar-refractivity contribution in [2.75, 3.05) is 14.2 Å². The van der Waals surface area contributed by atoms with Crippen LogP contribution in [0.5, 0.6) is 0 Å². The number of aldehydes is 2. The molecule has 84 valence electrons. The van der Waals surface area contributed by atoms with Crippen molar-refractivity contribution in [2.45, 2.75) is 4.32 Å². The minimum absolute atomic E-state index is 0.273. The van der Waals surface area contributed by atoms with E-state index >= 15 is 0 Å². The van der Waals surface area contributed by atoms with Gasteiger partial charge in [-0.3, -0.25) is 14.2 Å². The lowest BCUT2D eigenvalue weighted by Crippen LogP contribution is -2.00. The fourth-order valence-corrected chi connectivity index (χ4v) is 6.12. The van der Waals surface area contributed by atoms with Crippen LogP contribution in [0.4, 0.5) is 0 Å². The highest BCUT2D eigenvalue weighted by Gasteiger charge is 2.41. The Hall–Kier alpha value is -0.0700. The number of rotatable bonds is 5. The largest absolute Gasteiger partial charge is 0.353 e. The first-order chi connectivity index (χ1) is 7.11. The SMILES string of the molecule is COP(=O)(OC)C1SC(C=O)=C(C=O)S1. The Kier molecular flexibility index (Phi) is 4.61. The highest BCUT2D eigenvalue weighted by atomic mass is 32.2. The lowest BCUT2D eigenvalue weighted by Gasteiger charge is -2.18. The molecular formula is C7H9O5PS2. The van der Waals surface area contributed by atoms with Crippen LogP contribution in [0.1, 0.15) is 0 Å². The predicted molar refractivity (Wildman–Crippen MR) is 59.7 cm³/mol. The Morgan fingerprint density at radius 1 is 1.13 bits per heavy atom. The normalized spacial score (nSPS) is 18.3.